The first-order valence-corrected chi connectivity index (χ1v) is 12.7. The van der Waals surface area contributed by atoms with Gasteiger partial charge in [-0.1, -0.05) is 19.1 Å². The van der Waals surface area contributed by atoms with Crippen LogP contribution in [0.3, 0.4) is 0 Å². The second-order valence-corrected chi connectivity index (χ2v) is 11.3. The van der Waals surface area contributed by atoms with Gasteiger partial charge in [-0.3, -0.25) is 19.5 Å². The summed E-state index contributed by atoms with van der Waals surface area (Å²) in [4.78, 5) is 38.6. The zero-order valence-corrected chi connectivity index (χ0v) is 20.5. The molecule has 0 N–H and O–H groups in total. The molecule has 0 bridgehead atoms. The molecule has 2 aliphatic heterocycles. The summed E-state index contributed by atoms with van der Waals surface area (Å²) in [6, 6.07) is 11.0. The molecular formula is C28H28FN5O2. The van der Waals surface area contributed by atoms with Crippen molar-refractivity contribution in [2.75, 3.05) is 19.6 Å². The second kappa shape index (κ2) is 7.24. The Bertz CT molecular complexity index is 1480. The average Bonchev–Trinajstić information content (AvgIpc) is 3.74. The van der Waals surface area contributed by atoms with Crippen molar-refractivity contribution in [3.8, 4) is 11.1 Å². The van der Waals surface area contributed by atoms with E-state index in [9.17, 15) is 9.59 Å². The number of halogens is 1. The number of aliphatic imine (C=N–C) groups is 1. The number of hydrogen-bond donors (Lipinski definition) is 0. The monoisotopic (exact) mass is 485 g/mol. The van der Waals surface area contributed by atoms with Crippen molar-refractivity contribution in [1.29, 1.82) is 0 Å². The van der Waals surface area contributed by atoms with E-state index in [4.69, 9.17) is 4.99 Å². The van der Waals surface area contributed by atoms with Crippen molar-refractivity contribution in [2.24, 2.45) is 23.4 Å². The van der Waals surface area contributed by atoms with Crippen LogP contribution in [-0.4, -0.2) is 62.2 Å². The van der Waals surface area contributed by atoms with Gasteiger partial charge in [-0.15, -0.1) is 0 Å². The minimum atomic E-state index is -0.703. The largest absolute Gasteiger partial charge is 0.341 e. The Morgan fingerprint density at radius 2 is 1.81 bits per heavy atom. The topological polar surface area (TPSA) is 70.8 Å². The molecular weight excluding hydrogens is 457 g/mol. The Morgan fingerprint density at radius 3 is 2.50 bits per heavy atom. The van der Waals surface area contributed by atoms with E-state index in [1.165, 1.54) is 6.07 Å². The van der Waals surface area contributed by atoms with Crippen molar-refractivity contribution in [1.82, 2.24) is 19.4 Å². The summed E-state index contributed by atoms with van der Waals surface area (Å²) in [7, 11) is 1.94. The number of likely N-dealkylation sites (tertiary alicyclic amines) is 1. The molecule has 7 rings (SSSR count). The average molecular weight is 486 g/mol. The summed E-state index contributed by atoms with van der Waals surface area (Å²) in [6.07, 6.45) is 5.11. The van der Waals surface area contributed by atoms with Crippen LogP contribution in [0.25, 0.3) is 22.2 Å². The fourth-order valence-corrected chi connectivity index (χ4v) is 5.56. The number of carbonyl (C=O) groups is 2. The highest BCUT2D eigenvalue weighted by Gasteiger charge is 2.58. The molecule has 8 heteroatoms. The molecule has 3 aromatic rings. The van der Waals surface area contributed by atoms with Crippen LogP contribution in [0.2, 0.25) is 0 Å². The number of fused-ring (bicyclic) bond motifs is 1. The molecule has 1 aromatic heterocycles. The van der Waals surface area contributed by atoms with Gasteiger partial charge in [0.2, 0.25) is 5.91 Å². The predicted octanol–water partition coefficient (Wildman–Crippen LogP) is 3.76. The molecule has 184 valence electrons. The maximum atomic E-state index is 15.5. The van der Waals surface area contributed by atoms with Crippen LogP contribution in [0.15, 0.2) is 47.7 Å². The highest BCUT2D eigenvalue weighted by Crippen LogP contribution is 2.48. The van der Waals surface area contributed by atoms with Crippen molar-refractivity contribution in [2.45, 2.75) is 38.1 Å². The number of imidazole rings is 1. The minimum Gasteiger partial charge on any atom is -0.341 e. The van der Waals surface area contributed by atoms with E-state index >= 15 is 4.39 Å². The standard InChI is InChI=1S/C28H28FN5O2/c1-27(7-8-27)25(35)33-13-17(14-33)15-34-24(31-28(9-10-28)26(34)36)20-5-3-18(11-21(20)29)19-4-6-23-22(12-19)30-16-32(23)2/h3-6,11-12,16-17H,7-10,13-15H2,1-2H3. The quantitative estimate of drug-likeness (QED) is 0.553. The predicted molar refractivity (Wildman–Crippen MR) is 134 cm³/mol. The molecule has 1 saturated heterocycles. The van der Waals surface area contributed by atoms with E-state index in [1.54, 1.807) is 17.3 Å². The molecule has 0 atom stereocenters. The maximum Gasteiger partial charge on any atom is 0.256 e. The number of hydrogen-bond acceptors (Lipinski definition) is 4. The third-order valence-corrected chi connectivity index (χ3v) is 8.41. The Labute approximate surface area is 208 Å². The third-order valence-electron chi connectivity index (χ3n) is 8.41. The second-order valence-electron chi connectivity index (χ2n) is 11.3. The van der Waals surface area contributed by atoms with Gasteiger partial charge in [0.1, 0.15) is 17.2 Å². The SMILES string of the molecule is Cn1cnc2cc(-c3ccc(C4=NC5(CC5)C(=O)N4CC4CN(C(=O)C5(C)CC5)C4)c(F)c3)ccc21. The summed E-state index contributed by atoms with van der Waals surface area (Å²) in [5.41, 5.74) is 2.99. The smallest absolute Gasteiger partial charge is 0.256 e. The maximum absolute atomic E-state index is 15.5. The summed E-state index contributed by atoms with van der Waals surface area (Å²) < 4.78 is 17.5. The van der Waals surface area contributed by atoms with Gasteiger partial charge in [0.25, 0.3) is 5.91 Å². The number of amidine groups is 1. The number of aryl methyl sites for hydroxylation is 1. The Kier molecular flexibility index (Phi) is 4.37. The van der Waals surface area contributed by atoms with Crippen molar-refractivity contribution >= 4 is 28.7 Å². The molecule has 2 aliphatic carbocycles. The number of nitrogens with zero attached hydrogens (tertiary/aromatic N) is 5. The highest BCUT2D eigenvalue weighted by atomic mass is 19.1. The summed E-state index contributed by atoms with van der Waals surface area (Å²) >= 11 is 0. The molecule has 0 unspecified atom stereocenters. The van der Waals surface area contributed by atoms with Gasteiger partial charge in [-0.2, -0.15) is 0 Å². The lowest BCUT2D eigenvalue weighted by atomic mass is 9.95. The highest BCUT2D eigenvalue weighted by molar-refractivity contribution is 6.16. The lowest BCUT2D eigenvalue weighted by Gasteiger charge is -2.42. The Morgan fingerprint density at radius 1 is 1.08 bits per heavy atom. The number of benzene rings is 2. The summed E-state index contributed by atoms with van der Waals surface area (Å²) in [5.74, 6) is 0.424. The Balaban J connectivity index is 1.13. The van der Waals surface area contributed by atoms with Crippen LogP contribution in [0.1, 0.15) is 38.2 Å². The van der Waals surface area contributed by atoms with E-state index in [1.807, 2.05) is 47.7 Å². The summed E-state index contributed by atoms with van der Waals surface area (Å²) in [5, 5.41) is 0. The number of amides is 2. The molecule has 2 aromatic carbocycles. The first kappa shape index (κ1) is 21.7. The first-order chi connectivity index (χ1) is 17.3. The Hall–Kier alpha value is -3.55. The van der Waals surface area contributed by atoms with E-state index in [2.05, 4.69) is 4.98 Å². The number of carbonyl (C=O) groups excluding carboxylic acids is 2. The normalized spacial score (nSPS) is 21.8. The fourth-order valence-electron chi connectivity index (χ4n) is 5.56. The van der Waals surface area contributed by atoms with Gasteiger partial charge >= 0.3 is 0 Å². The molecule has 2 amide bonds. The molecule has 3 heterocycles. The number of aromatic nitrogens is 2. The molecule has 0 radical (unpaired) electrons. The van der Waals surface area contributed by atoms with Crippen LogP contribution >= 0.6 is 0 Å². The van der Waals surface area contributed by atoms with E-state index in [0.29, 0.717) is 43.9 Å². The molecule has 36 heavy (non-hydrogen) atoms. The van der Waals surface area contributed by atoms with Gasteiger partial charge in [0.15, 0.2) is 0 Å². The van der Waals surface area contributed by atoms with E-state index in [0.717, 1.165) is 35.0 Å². The van der Waals surface area contributed by atoms with Crippen LogP contribution in [0.5, 0.6) is 0 Å². The summed E-state index contributed by atoms with van der Waals surface area (Å²) in [6.45, 7) is 3.79. The molecule has 7 nitrogen and oxygen atoms in total. The fraction of sp³-hybridized carbons (Fsp3) is 0.429. The van der Waals surface area contributed by atoms with Crippen LogP contribution in [0.4, 0.5) is 4.39 Å². The molecule has 1 spiro atoms. The van der Waals surface area contributed by atoms with E-state index < -0.39 is 11.4 Å². The zero-order valence-electron chi connectivity index (χ0n) is 20.5. The van der Waals surface area contributed by atoms with Gasteiger partial charge in [-0.25, -0.2) is 9.37 Å². The van der Waals surface area contributed by atoms with Crippen LogP contribution < -0.4 is 0 Å². The lowest BCUT2D eigenvalue weighted by molar-refractivity contribution is -0.143. The molecule has 3 fully saturated rings. The van der Waals surface area contributed by atoms with Crippen LogP contribution in [-0.2, 0) is 16.6 Å². The van der Waals surface area contributed by atoms with Crippen molar-refractivity contribution in [3.05, 3.63) is 54.1 Å². The third kappa shape index (κ3) is 3.23. The van der Waals surface area contributed by atoms with Gasteiger partial charge < -0.3 is 9.47 Å². The minimum absolute atomic E-state index is 0.0273. The first-order valence-electron chi connectivity index (χ1n) is 12.7. The zero-order chi connectivity index (χ0) is 24.8. The van der Waals surface area contributed by atoms with Gasteiger partial charge in [0.05, 0.1) is 22.9 Å². The van der Waals surface area contributed by atoms with E-state index in [-0.39, 0.29) is 23.1 Å². The van der Waals surface area contributed by atoms with Crippen molar-refractivity contribution in [3.63, 3.8) is 0 Å². The van der Waals surface area contributed by atoms with Crippen LogP contribution in [0, 0.1) is 17.2 Å². The van der Waals surface area contributed by atoms with Crippen molar-refractivity contribution < 1.29 is 14.0 Å². The number of rotatable bonds is 5. The molecule has 2 saturated carbocycles. The van der Waals surface area contributed by atoms with Gasteiger partial charge in [0, 0.05) is 38.0 Å². The van der Waals surface area contributed by atoms with Gasteiger partial charge in [-0.05, 0) is 61.1 Å². The lowest BCUT2D eigenvalue weighted by Crippen LogP contribution is -2.56. The molecule has 4 aliphatic rings.